The number of carbonyl (C=O) groups excluding carboxylic acids is 2. The Labute approximate surface area is 169 Å². The lowest BCUT2D eigenvalue weighted by molar-refractivity contribution is 0.101. The maximum atomic E-state index is 12.6. The number of anilines is 2. The highest BCUT2D eigenvalue weighted by Gasteiger charge is 2.16. The Kier molecular flexibility index (Phi) is 5.79. The molecule has 0 aromatic heterocycles. The lowest BCUT2D eigenvalue weighted by atomic mass is 10.1. The standard InChI is InChI=1S/C22H20N2O4S/c1-15-11-12-18(22(26)23-19-8-6-7-17(13-19)16(2)25)14-21(15)24-29(27,28)20-9-4-3-5-10-20/h3-14,24H,1-2H3,(H,23,26). The number of benzene rings is 3. The van der Waals surface area contributed by atoms with Gasteiger partial charge in [-0.25, -0.2) is 8.42 Å². The van der Waals surface area contributed by atoms with Crippen LogP contribution in [0, 0.1) is 6.92 Å². The fraction of sp³-hybridized carbons (Fsp3) is 0.0909. The molecule has 3 aromatic carbocycles. The summed E-state index contributed by atoms with van der Waals surface area (Å²) in [4.78, 5) is 24.3. The SMILES string of the molecule is CC(=O)c1cccc(NC(=O)c2ccc(C)c(NS(=O)(=O)c3ccccc3)c2)c1. The van der Waals surface area contributed by atoms with Crippen LogP contribution in [0.5, 0.6) is 0 Å². The van der Waals surface area contributed by atoms with Crippen LogP contribution in [-0.2, 0) is 10.0 Å². The molecule has 0 saturated heterocycles. The maximum absolute atomic E-state index is 12.6. The predicted molar refractivity (Wildman–Crippen MR) is 113 cm³/mol. The Balaban J connectivity index is 1.84. The van der Waals surface area contributed by atoms with Gasteiger partial charge in [-0.2, -0.15) is 0 Å². The zero-order chi connectivity index (χ0) is 21.0. The van der Waals surface area contributed by atoms with E-state index in [0.29, 0.717) is 22.5 Å². The summed E-state index contributed by atoms with van der Waals surface area (Å²) in [5, 5.41) is 2.73. The van der Waals surface area contributed by atoms with Gasteiger partial charge in [0.25, 0.3) is 15.9 Å². The molecule has 0 saturated carbocycles. The number of Topliss-reactive ketones (excluding diaryl/α,β-unsaturated/α-hetero) is 1. The van der Waals surface area contributed by atoms with Gasteiger partial charge in [-0.15, -0.1) is 0 Å². The fourth-order valence-electron chi connectivity index (χ4n) is 2.70. The second-order valence-electron chi connectivity index (χ2n) is 6.54. The van der Waals surface area contributed by atoms with Crippen LogP contribution in [0.3, 0.4) is 0 Å². The Bertz CT molecular complexity index is 1170. The first-order chi connectivity index (χ1) is 13.8. The molecule has 0 radical (unpaired) electrons. The minimum atomic E-state index is -3.77. The average molecular weight is 408 g/mol. The zero-order valence-corrected chi connectivity index (χ0v) is 16.8. The number of carbonyl (C=O) groups is 2. The molecule has 3 rings (SSSR count). The third-order valence-electron chi connectivity index (χ3n) is 4.32. The maximum Gasteiger partial charge on any atom is 0.261 e. The van der Waals surface area contributed by atoms with Crippen LogP contribution >= 0.6 is 0 Å². The van der Waals surface area contributed by atoms with E-state index in [9.17, 15) is 18.0 Å². The molecule has 6 nitrogen and oxygen atoms in total. The van der Waals surface area contributed by atoms with Crippen molar-refractivity contribution in [3.63, 3.8) is 0 Å². The average Bonchev–Trinajstić information content (AvgIpc) is 2.70. The Hall–Kier alpha value is -3.45. The third-order valence-corrected chi connectivity index (χ3v) is 5.71. The molecule has 0 heterocycles. The number of rotatable bonds is 6. The largest absolute Gasteiger partial charge is 0.322 e. The Morgan fingerprint density at radius 2 is 1.55 bits per heavy atom. The topological polar surface area (TPSA) is 92.3 Å². The molecule has 0 spiro atoms. The number of hydrogen-bond acceptors (Lipinski definition) is 4. The van der Waals surface area contributed by atoms with Crippen molar-refractivity contribution >= 4 is 33.1 Å². The van der Waals surface area contributed by atoms with Gasteiger partial charge in [-0.1, -0.05) is 36.4 Å². The van der Waals surface area contributed by atoms with E-state index in [0.717, 1.165) is 0 Å². The van der Waals surface area contributed by atoms with Crippen LogP contribution in [0.25, 0.3) is 0 Å². The molecule has 2 N–H and O–H groups in total. The molecule has 0 unspecified atom stereocenters. The van der Waals surface area contributed by atoms with Crippen LogP contribution in [0.15, 0.2) is 77.7 Å². The number of sulfonamides is 1. The molecular weight excluding hydrogens is 388 g/mol. The highest BCUT2D eigenvalue weighted by atomic mass is 32.2. The summed E-state index contributed by atoms with van der Waals surface area (Å²) in [6, 6.07) is 19.4. The Morgan fingerprint density at radius 3 is 2.24 bits per heavy atom. The molecule has 0 fully saturated rings. The molecule has 7 heteroatoms. The molecular formula is C22H20N2O4S. The van der Waals surface area contributed by atoms with Gasteiger partial charge in [0.2, 0.25) is 0 Å². The van der Waals surface area contributed by atoms with E-state index >= 15 is 0 Å². The first-order valence-electron chi connectivity index (χ1n) is 8.87. The fourth-order valence-corrected chi connectivity index (χ4v) is 3.84. The van der Waals surface area contributed by atoms with Crippen molar-refractivity contribution in [2.75, 3.05) is 10.0 Å². The van der Waals surface area contributed by atoms with Crippen LogP contribution < -0.4 is 10.0 Å². The normalized spacial score (nSPS) is 11.0. The lowest BCUT2D eigenvalue weighted by Crippen LogP contribution is -2.16. The van der Waals surface area contributed by atoms with Crippen LogP contribution in [0.1, 0.15) is 33.2 Å². The van der Waals surface area contributed by atoms with Crippen molar-refractivity contribution in [3.05, 3.63) is 89.5 Å². The molecule has 0 aliphatic rings. The monoisotopic (exact) mass is 408 g/mol. The molecule has 0 aliphatic heterocycles. The number of aryl methyl sites for hydroxylation is 1. The molecule has 0 atom stereocenters. The first kappa shape index (κ1) is 20.3. The first-order valence-corrected chi connectivity index (χ1v) is 10.4. The highest BCUT2D eigenvalue weighted by Crippen LogP contribution is 2.22. The van der Waals surface area contributed by atoms with E-state index in [1.807, 2.05) is 0 Å². The van der Waals surface area contributed by atoms with Gasteiger partial charge < -0.3 is 5.32 Å². The number of hydrogen-bond donors (Lipinski definition) is 2. The summed E-state index contributed by atoms with van der Waals surface area (Å²) in [5.41, 5.74) is 2.26. The van der Waals surface area contributed by atoms with Crippen LogP contribution in [0.2, 0.25) is 0 Å². The molecule has 0 bridgehead atoms. The minimum Gasteiger partial charge on any atom is -0.322 e. The Morgan fingerprint density at radius 1 is 0.828 bits per heavy atom. The van der Waals surface area contributed by atoms with Crippen molar-refractivity contribution in [1.29, 1.82) is 0 Å². The zero-order valence-electron chi connectivity index (χ0n) is 16.0. The summed E-state index contributed by atoms with van der Waals surface area (Å²) in [7, 11) is -3.77. The highest BCUT2D eigenvalue weighted by molar-refractivity contribution is 7.92. The molecule has 0 aliphatic carbocycles. The summed E-state index contributed by atoms with van der Waals surface area (Å²) >= 11 is 0. The predicted octanol–water partition coefficient (Wildman–Crippen LogP) is 4.25. The van der Waals surface area contributed by atoms with Gasteiger partial charge in [0.15, 0.2) is 5.78 Å². The summed E-state index contributed by atoms with van der Waals surface area (Å²) in [5.74, 6) is -0.514. The van der Waals surface area contributed by atoms with Gasteiger partial charge in [-0.05, 0) is 55.8 Å². The van der Waals surface area contributed by atoms with Gasteiger partial charge in [-0.3, -0.25) is 14.3 Å². The smallest absolute Gasteiger partial charge is 0.261 e. The van der Waals surface area contributed by atoms with Crippen LogP contribution in [-0.4, -0.2) is 20.1 Å². The van der Waals surface area contributed by atoms with E-state index in [1.165, 1.54) is 25.1 Å². The lowest BCUT2D eigenvalue weighted by Gasteiger charge is -2.13. The number of ketones is 1. The molecule has 29 heavy (non-hydrogen) atoms. The van der Waals surface area contributed by atoms with Gasteiger partial charge >= 0.3 is 0 Å². The number of nitrogens with one attached hydrogen (secondary N) is 2. The van der Waals surface area contributed by atoms with E-state index < -0.39 is 15.9 Å². The molecule has 1 amide bonds. The van der Waals surface area contributed by atoms with Crippen molar-refractivity contribution in [1.82, 2.24) is 0 Å². The van der Waals surface area contributed by atoms with Crippen molar-refractivity contribution < 1.29 is 18.0 Å². The van der Waals surface area contributed by atoms with E-state index in [-0.39, 0.29) is 16.2 Å². The summed E-state index contributed by atoms with van der Waals surface area (Å²) in [6.45, 7) is 3.20. The van der Waals surface area contributed by atoms with Gasteiger partial charge in [0, 0.05) is 16.8 Å². The van der Waals surface area contributed by atoms with Crippen molar-refractivity contribution in [2.45, 2.75) is 18.7 Å². The van der Waals surface area contributed by atoms with E-state index in [2.05, 4.69) is 10.0 Å². The van der Waals surface area contributed by atoms with Gasteiger partial charge in [0.05, 0.1) is 10.6 Å². The van der Waals surface area contributed by atoms with Crippen LogP contribution in [0.4, 0.5) is 11.4 Å². The van der Waals surface area contributed by atoms with E-state index in [1.54, 1.807) is 61.5 Å². The second kappa shape index (κ2) is 8.28. The van der Waals surface area contributed by atoms with E-state index in [4.69, 9.17) is 0 Å². The summed E-state index contributed by atoms with van der Waals surface area (Å²) in [6.07, 6.45) is 0. The van der Waals surface area contributed by atoms with Gasteiger partial charge in [0.1, 0.15) is 0 Å². The summed E-state index contributed by atoms with van der Waals surface area (Å²) < 4.78 is 27.7. The third kappa shape index (κ3) is 4.89. The van der Waals surface area contributed by atoms with Crippen molar-refractivity contribution in [3.8, 4) is 0 Å². The second-order valence-corrected chi connectivity index (χ2v) is 8.22. The quantitative estimate of drug-likeness (QED) is 0.597. The number of amides is 1. The molecule has 3 aromatic rings. The molecule has 148 valence electrons. The minimum absolute atomic E-state index is 0.103. The van der Waals surface area contributed by atoms with Crippen molar-refractivity contribution in [2.24, 2.45) is 0 Å².